The van der Waals surface area contributed by atoms with Crippen molar-refractivity contribution < 1.29 is 22.7 Å². The average molecular weight is 627 g/mol. The molecule has 0 spiro atoms. The van der Waals surface area contributed by atoms with Gasteiger partial charge in [-0.05, 0) is 54.8 Å². The Morgan fingerprint density at radius 2 is 1.61 bits per heavy atom. The van der Waals surface area contributed by atoms with E-state index in [4.69, 9.17) is 9.47 Å². The van der Waals surface area contributed by atoms with E-state index < -0.39 is 9.84 Å². The van der Waals surface area contributed by atoms with Crippen LogP contribution in [0.1, 0.15) is 39.7 Å². The van der Waals surface area contributed by atoms with Crippen molar-refractivity contribution in [1.29, 1.82) is 0 Å². The summed E-state index contributed by atoms with van der Waals surface area (Å²) < 4.78 is 37.1. The number of anilines is 4. The Morgan fingerprint density at radius 1 is 0.909 bits per heavy atom. The van der Waals surface area contributed by atoms with E-state index in [1.165, 1.54) is 0 Å². The molecule has 0 aliphatic rings. The zero-order chi connectivity index (χ0) is 32.0. The van der Waals surface area contributed by atoms with Gasteiger partial charge in [0.15, 0.2) is 9.84 Å². The highest BCUT2D eigenvalue weighted by molar-refractivity contribution is 7.91. The molecule has 0 aliphatic carbocycles. The van der Waals surface area contributed by atoms with Gasteiger partial charge in [-0.25, -0.2) is 13.4 Å². The van der Waals surface area contributed by atoms with Gasteiger partial charge in [0.05, 0.1) is 30.4 Å². The molecule has 0 atom stereocenters. The van der Waals surface area contributed by atoms with Crippen molar-refractivity contribution in [2.24, 2.45) is 5.41 Å². The SMILES string of the molecule is CCC(=O)CNCCOCCNCCOc1ccc(Nc2ncc(C)c(Nc3cccc(S(=O)(=O)CC(C)(C)C)c3)n2)cc1. The summed E-state index contributed by atoms with van der Waals surface area (Å²) in [6.45, 7) is 13.6. The molecule has 240 valence electrons. The van der Waals surface area contributed by atoms with Crippen LogP contribution in [0.5, 0.6) is 5.75 Å². The van der Waals surface area contributed by atoms with E-state index in [0.717, 1.165) is 23.5 Å². The molecule has 0 fully saturated rings. The number of hydrogen-bond donors (Lipinski definition) is 4. The highest BCUT2D eigenvalue weighted by Crippen LogP contribution is 2.26. The van der Waals surface area contributed by atoms with Gasteiger partial charge in [-0.2, -0.15) is 4.98 Å². The average Bonchev–Trinajstić information content (AvgIpc) is 2.97. The highest BCUT2D eigenvalue weighted by Gasteiger charge is 2.23. The number of carbonyl (C=O) groups excluding carboxylic acids is 1. The predicted molar refractivity (Wildman–Crippen MR) is 175 cm³/mol. The summed E-state index contributed by atoms with van der Waals surface area (Å²) >= 11 is 0. The quantitative estimate of drug-likeness (QED) is 0.138. The zero-order valence-corrected chi connectivity index (χ0v) is 27.2. The third kappa shape index (κ3) is 12.6. The van der Waals surface area contributed by atoms with Gasteiger partial charge >= 0.3 is 0 Å². The maximum Gasteiger partial charge on any atom is 0.229 e. The van der Waals surface area contributed by atoms with Gasteiger partial charge in [0.25, 0.3) is 0 Å². The zero-order valence-electron chi connectivity index (χ0n) is 26.4. The molecule has 2 aromatic carbocycles. The van der Waals surface area contributed by atoms with E-state index in [1.807, 2.05) is 65.0 Å². The monoisotopic (exact) mass is 626 g/mol. The molecule has 0 radical (unpaired) electrons. The molecule has 0 aliphatic heterocycles. The molecule has 12 heteroatoms. The van der Waals surface area contributed by atoms with E-state index >= 15 is 0 Å². The Balaban J connectivity index is 1.43. The summed E-state index contributed by atoms with van der Waals surface area (Å²) in [6, 6.07) is 14.3. The van der Waals surface area contributed by atoms with Crippen LogP contribution in [0.15, 0.2) is 59.6 Å². The lowest BCUT2D eigenvalue weighted by atomic mass is 10.0. The summed E-state index contributed by atoms with van der Waals surface area (Å²) in [5.74, 6) is 1.98. The minimum atomic E-state index is -3.43. The van der Waals surface area contributed by atoms with Crippen LogP contribution in [0, 0.1) is 12.3 Å². The lowest BCUT2D eigenvalue weighted by molar-refractivity contribution is -0.117. The third-order valence-corrected chi connectivity index (χ3v) is 8.49. The number of rotatable bonds is 19. The van der Waals surface area contributed by atoms with Gasteiger partial charge in [-0.3, -0.25) is 4.79 Å². The lowest BCUT2D eigenvalue weighted by Gasteiger charge is -2.18. The fraction of sp³-hybridized carbons (Fsp3) is 0.469. The molecule has 0 amide bonds. The molecule has 0 saturated carbocycles. The number of ether oxygens (including phenoxy) is 2. The molecule has 3 aromatic rings. The first-order chi connectivity index (χ1) is 20.9. The molecule has 1 heterocycles. The van der Waals surface area contributed by atoms with Crippen molar-refractivity contribution in [3.8, 4) is 5.75 Å². The Labute approximate surface area is 261 Å². The minimum Gasteiger partial charge on any atom is -0.492 e. The van der Waals surface area contributed by atoms with Crippen molar-refractivity contribution in [3.63, 3.8) is 0 Å². The smallest absolute Gasteiger partial charge is 0.229 e. The van der Waals surface area contributed by atoms with Gasteiger partial charge in [0.2, 0.25) is 5.95 Å². The standard InChI is InChI=1S/C32H46N6O5S/c1-6-27(39)22-34-15-18-42-17-14-33-16-19-43-28-12-10-25(11-13-28)37-31-35-21-24(2)30(38-31)36-26-8-7-9-29(20-26)44(40,41)23-32(3,4)5/h7-13,20-21,33-34H,6,14-19,22-23H2,1-5H3,(H2,35,36,37,38). The molecule has 0 unspecified atom stereocenters. The Bertz CT molecular complexity index is 1440. The Morgan fingerprint density at radius 3 is 2.32 bits per heavy atom. The fourth-order valence-corrected chi connectivity index (χ4v) is 5.96. The molecule has 0 bridgehead atoms. The summed E-state index contributed by atoms with van der Waals surface area (Å²) in [4.78, 5) is 20.5. The summed E-state index contributed by atoms with van der Waals surface area (Å²) in [7, 11) is -3.43. The maximum atomic E-state index is 12.9. The maximum absolute atomic E-state index is 12.9. The number of Topliss-reactive ketones (excluding diaryl/α,β-unsaturated/α-hetero) is 1. The molecular formula is C32H46N6O5S. The van der Waals surface area contributed by atoms with Crippen LogP contribution in [0.3, 0.4) is 0 Å². The van der Waals surface area contributed by atoms with Crippen molar-refractivity contribution in [2.75, 3.05) is 62.4 Å². The second-order valence-electron chi connectivity index (χ2n) is 11.6. The molecule has 11 nitrogen and oxygen atoms in total. The first-order valence-corrected chi connectivity index (χ1v) is 16.5. The molecular weight excluding hydrogens is 580 g/mol. The summed E-state index contributed by atoms with van der Waals surface area (Å²) in [5, 5.41) is 12.8. The lowest BCUT2D eigenvalue weighted by Crippen LogP contribution is -2.28. The largest absolute Gasteiger partial charge is 0.492 e. The molecule has 44 heavy (non-hydrogen) atoms. The number of nitrogens with one attached hydrogen (secondary N) is 4. The number of carbonyl (C=O) groups is 1. The van der Waals surface area contributed by atoms with Crippen LogP contribution in [0.25, 0.3) is 0 Å². The van der Waals surface area contributed by atoms with E-state index in [9.17, 15) is 13.2 Å². The van der Waals surface area contributed by atoms with Crippen LogP contribution in [-0.4, -0.2) is 75.9 Å². The van der Waals surface area contributed by atoms with Crippen LogP contribution in [0.4, 0.5) is 23.1 Å². The van der Waals surface area contributed by atoms with Crippen molar-refractivity contribution >= 4 is 38.8 Å². The topological polar surface area (TPSA) is 144 Å². The van der Waals surface area contributed by atoms with Crippen LogP contribution in [0.2, 0.25) is 0 Å². The van der Waals surface area contributed by atoms with Gasteiger partial charge in [0.1, 0.15) is 24.0 Å². The predicted octanol–water partition coefficient (Wildman–Crippen LogP) is 4.65. The van der Waals surface area contributed by atoms with Gasteiger partial charge in [0, 0.05) is 49.2 Å². The molecule has 4 N–H and O–H groups in total. The van der Waals surface area contributed by atoms with E-state index in [2.05, 4.69) is 31.2 Å². The number of aromatic nitrogens is 2. The van der Waals surface area contributed by atoms with Gasteiger partial charge < -0.3 is 30.7 Å². The third-order valence-electron chi connectivity index (χ3n) is 6.27. The van der Waals surface area contributed by atoms with Crippen LogP contribution < -0.4 is 26.0 Å². The molecule has 3 rings (SSSR count). The number of nitrogens with zero attached hydrogens (tertiary/aromatic N) is 2. The normalized spacial score (nSPS) is 11.8. The Hall–Kier alpha value is -3.58. The van der Waals surface area contributed by atoms with Gasteiger partial charge in [-0.1, -0.05) is 33.8 Å². The molecule has 0 saturated heterocycles. The van der Waals surface area contributed by atoms with Crippen LogP contribution in [-0.2, 0) is 19.4 Å². The van der Waals surface area contributed by atoms with Crippen LogP contribution >= 0.6 is 0 Å². The van der Waals surface area contributed by atoms with Crippen molar-refractivity contribution in [1.82, 2.24) is 20.6 Å². The van der Waals surface area contributed by atoms with E-state index in [-0.39, 0.29) is 21.8 Å². The minimum absolute atomic E-state index is 0.0595. The number of ketones is 1. The number of sulfone groups is 1. The number of benzene rings is 2. The van der Waals surface area contributed by atoms with E-state index in [0.29, 0.717) is 63.3 Å². The first-order valence-electron chi connectivity index (χ1n) is 14.9. The van der Waals surface area contributed by atoms with E-state index in [1.54, 1.807) is 24.4 Å². The second kappa shape index (κ2) is 17.0. The first kappa shape index (κ1) is 34.9. The number of aryl methyl sites for hydroxylation is 1. The van der Waals surface area contributed by atoms with Gasteiger partial charge in [-0.15, -0.1) is 0 Å². The fourth-order valence-electron chi connectivity index (χ4n) is 4.06. The van der Waals surface area contributed by atoms with Crippen molar-refractivity contribution in [2.45, 2.75) is 45.9 Å². The summed E-state index contributed by atoms with van der Waals surface area (Å²) in [6.07, 6.45) is 2.26. The molecule has 1 aromatic heterocycles. The number of hydrogen-bond acceptors (Lipinski definition) is 11. The second-order valence-corrected chi connectivity index (χ2v) is 13.6. The van der Waals surface area contributed by atoms with Crippen molar-refractivity contribution in [3.05, 3.63) is 60.3 Å². The highest BCUT2D eigenvalue weighted by atomic mass is 32.2. The Kier molecular flexibility index (Phi) is 13.5. The summed E-state index contributed by atoms with van der Waals surface area (Å²) in [5.41, 5.74) is 1.90.